The monoisotopic (exact) mass is 274 g/mol. The Labute approximate surface area is 125 Å². The molecule has 20 heavy (non-hydrogen) atoms. The van der Waals surface area contributed by atoms with E-state index in [1.165, 1.54) is 0 Å². The van der Waals surface area contributed by atoms with Crippen LogP contribution in [0.2, 0.25) is 0 Å². The molecule has 0 unspecified atom stereocenters. The molecule has 0 amide bonds. The summed E-state index contributed by atoms with van der Waals surface area (Å²) < 4.78 is 5.63. The van der Waals surface area contributed by atoms with Crippen LogP contribution in [0.15, 0.2) is 41.3 Å². The first-order chi connectivity index (χ1) is 9.86. The predicted octanol–water partition coefficient (Wildman–Crippen LogP) is 7.19. The third-order valence-corrected chi connectivity index (χ3v) is 2.18. The van der Waals surface area contributed by atoms with Gasteiger partial charge in [0.1, 0.15) is 11.3 Å². The Morgan fingerprint density at radius 2 is 1.50 bits per heavy atom. The highest BCUT2D eigenvalue weighted by Gasteiger charge is 2.07. The molecule has 1 aromatic carbocycles. The molecule has 0 aliphatic carbocycles. The van der Waals surface area contributed by atoms with Crippen molar-refractivity contribution < 1.29 is 4.42 Å². The molecular weight excluding hydrogens is 244 g/mol. The summed E-state index contributed by atoms with van der Waals surface area (Å²) >= 11 is 0. The van der Waals surface area contributed by atoms with Crippen LogP contribution in [0.1, 0.15) is 59.8 Å². The van der Waals surface area contributed by atoms with E-state index in [1.54, 1.807) is 6.08 Å². The Kier molecular flexibility index (Phi) is 14.0. The quantitative estimate of drug-likeness (QED) is 0.565. The van der Waals surface area contributed by atoms with Crippen molar-refractivity contribution in [2.75, 3.05) is 0 Å². The molecule has 1 nitrogen and oxygen atoms in total. The second-order valence-electron chi connectivity index (χ2n) is 3.08. The molecule has 0 bridgehead atoms. The van der Waals surface area contributed by atoms with Gasteiger partial charge in [0.05, 0.1) is 0 Å². The summed E-state index contributed by atoms with van der Waals surface area (Å²) in [6.45, 7) is 17.7. The van der Waals surface area contributed by atoms with Gasteiger partial charge in [0.25, 0.3) is 0 Å². The van der Waals surface area contributed by atoms with Crippen molar-refractivity contribution in [1.29, 1.82) is 0 Å². The summed E-state index contributed by atoms with van der Waals surface area (Å²) in [5.74, 6) is 0.837. The molecule has 1 heteroatoms. The lowest BCUT2D eigenvalue weighted by atomic mass is 10.1. The van der Waals surface area contributed by atoms with E-state index < -0.39 is 0 Å². The number of rotatable bonds is 2. The van der Waals surface area contributed by atoms with Gasteiger partial charge >= 0.3 is 0 Å². The van der Waals surface area contributed by atoms with Gasteiger partial charge in [-0.3, -0.25) is 0 Å². The zero-order valence-corrected chi connectivity index (χ0v) is 14.2. The van der Waals surface area contributed by atoms with E-state index in [4.69, 9.17) is 4.42 Å². The normalized spacial score (nSPS) is 8.75. The maximum Gasteiger partial charge on any atom is 0.135 e. The summed E-state index contributed by atoms with van der Waals surface area (Å²) in [5, 5.41) is 1.14. The van der Waals surface area contributed by atoms with Crippen molar-refractivity contribution in [2.45, 2.75) is 48.5 Å². The fourth-order valence-electron chi connectivity index (χ4n) is 1.57. The lowest BCUT2D eigenvalue weighted by molar-refractivity contribution is 0.603. The molecule has 0 aliphatic heterocycles. The van der Waals surface area contributed by atoms with Gasteiger partial charge in [-0.15, -0.1) is 0 Å². The summed E-state index contributed by atoms with van der Waals surface area (Å²) in [6, 6.07) is 8.01. The van der Waals surface area contributed by atoms with Crippen molar-refractivity contribution in [3.63, 3.8) is 0 Å². The maximum absolute atomic E-state index is 5.63. The van der Waals surface area contributed by atoms with Gasteiger partial charge in [-0.05, 0) is 19.1 Å². The van der Waals surface area contributed by atoms with Crippen LogP contribution < -0.4 is 0 Å². The molecule has 1 heterocycles. The first kappa shape index (κ1) is 20.6. The third kappa shape index (κ3) is 5.48. The molecular formula is C19H30O. The van der Waals surface area contributed by atoms with Crippen molar-refractivity contribution in [2.24, 2.45) is 0 Å². The zero-order chi connectivity index (χ0) is 16.0. The zero-order valence-electron chi connectivity index (χ0n) is 14.2. The molecule has 2 rings (SSSR count). The van der Waals surface area contributed by atoms with Gasteiger partial charge in [-0.25, -0.2) is 0 Å². The molecule has 0 spiro atoms. The Hall–Kier alpha value is -1.76. The number of fused-ring (bicyclic) bond motifs is 1. The molecule has 1 aromatic heterocycles. The minimum atomic E-state index is 0.837. The number of furan rings is 1. The van der Waals surface area contributed by atoms with Crippen LogP contribution >= 0.6 is 0 Å². The highest BCUT2D eigenvalue weighted by molar-refractivity contribution is 5.90. The molecule has 0 radical (unpaired) electrons. The van der Waals surface area contributed by atoms with E-state index in [1.807, 2.05) is 78.8 Å². The largest absolute Gasteiger partial charge is 0.456 e. The molecule has 2 aromatic rings. The molecule has 0 atom stereocenters. The van der Waals surface area contributed by atoms with Crippen molar-refractivity contribution in [3.05, 3.63) is 48.2 Å². The summed E-state index contributed by atoms with van der Waals surface area (Å²) in [5.41, 5.74) is 2.02. The summed E-state index contributed by atoms with van der Waals surface area (Å²) in [7, 11) is 0. The summed E-state index contributed by atoms with van der Waals surface area (Å²) in [4.78, 5) is 0. The standard InChI is InChI=1S/C13H12O.3C2H6/c1-3-7-10-11-8-5-6-9-13(11)14-12(10)4-2;3*1-2/h3-9H,2H2,1H3;3*1-2H3/b7-3-;;;. The number of benzene rings is 1. The smallest absolute Gasteiger partial charge is 0.135 e. The molecule has 0 N–H and O–H groups in total. The minimum Gasteiger partial charge on any atom is -0.456 e. The molecule has 0 aliphatic rings. The SMILES string of the molecule is C=Cc1oc2ccccc2c1/C=C\C.CC.CC.CC. The lowest BCUT2D eigenvalue weighted by Gasteiger charge is -1.89. The van der Waals surface area contributed by atoms with Crippen LogP contribution in [0.25, 0.3) is 23.1 Å². The van der Waals surface area contributed by atoms with Gasteiger partial charge < -0.3 is 4.42 Å². The van der Waals surface area contributed by atoms with E-state index >= 15 is 0 Å². The van der Waals surface area contributed by atoms with Gasteiger partial charge in [0.15, 0.2) is 0 Å². The number of hydrogen-bond acceptors (Lipinski definition) is 1. The van der Waals surface area contributed by atoms with Crippen LogP contribution in [0, 0.1) is 0 Å². The number of allylic oxidation sites excluding steroid dienone is 1. The average molecular weight is 274 g/mol. The first-order valence-corrected chi connectivity index (χ1v) is 7.63. The number of para-hydroxylation sites is 1. The molecule has 112 valence electrons. The average Bonchev–Trinajstić information content (AvgIpc) is 2.92. The first-order valence-electron chi connectivity index (χ1n) is 7.63. The van der Waals surface area contributed by atoms with Crippen molar-refractivity contribution >= 4 is 23.1 Å². The summed E-state index contributed by atoms with van der Waals surface area (Å²) in [6.07, 6.45) is 5.79. The number of hydrogen-bond donors (Lipinski definition) is 0. The topological polar surface area (TPSA) is 13.1 Å². The minimum absolute atomic E-state index is 0.837. The fraction of sp³-hybridized carbons (Fsp3) is 0.368. The molecule has 0 saturated heterocycles. The third-order valence-electron chi connectivity index (χ3n) is 2.18. The van der Waals surface area contributed by atoms with E-state index in [9.17, 15) is 0 Å². The van der Waals surface area contributed by atoms with Crippen LogP contribution in [0.4, 0.5) is 0 Å². The Morgan fingerprint density at radius 3 is 2.00 bits per heavy atom. The molecule has 0 fully saturated rings. The highest BCUT2D eigenvalue weighted by Crippen LogP contribution is 2.27. The van der Waals surface area contributed by atoms with Gasteiger partial charge in [-0.1, -0.05) is 78.5 Å². The van der Waals surface area contributed by atoms with Crippen LogP contribution in [-0.4, -0.2) is 0 Å². The lowest BCUT2D eigenvalue weighted by Crippen LogP contribution is -1.71. The van der Waals surface area contributed by atoms with Gasteiger partial charge in [0.2, 0.25) is 0 Å². The van der Waals surface area contributed by atoms with E-state index in [0.717, 1.165) is 22.3 Å². The fourth-order valence-corrected chi connectivity index (χ4v) is 1.57. The predicted molar refractivity (Wildman–Crippen MR) is 95.1 cm³/mol. The highest BCUT2D eigenvalue weighted by atomic mass is 16.3. The molecule has 0 saturated carbocycles. The Morgan fingerprint density at radius 1 is 0.950 bits per heavy atom. The van der Waals surface area contributed by atoms with Crippen molar-refractivity contribution in [1.82, 2.24) is 0 Å². The van der Waals surface area contributed by atoms with Crippen LogP contribution in [0.5, 0.6) is 0 Å². The van der Waals surface area contributed by atoms with Crippen molar-refractivity contribution in [3.8, 4) is 0 Å². The van der Waals surface area contributed by atoms with Gasteiger partial charge in [-0.2, -0.15) is 0 Å². The second-order valence-corrected chi connectivity index (χ2v) is 3.08. The second kappa shape index (κ2) is 13.7. The van der Waals surface area contributed by atoms with Crippen LogP contribution in [-0.2, 0) is 0 Å². The Balaban J connectivity index is 0. The van der Waals surface area contributed by atoms with Crippen LogP contribution in [0.3, 0.4) is 0 Å². The Bertz CT molecular complexity index is 489. The van der Waals surface area contributed by atoms with E-state index in [-0.39, 0.29) is 0 Å². The maximum atomic E-state index is 5.63. The van der Waals surface area contributed by atoms with E-state index in [0.29, 0.717) is 0 Å². The van der Waals surface area contributed by atoms with E-state index in [2.05, 4.69) is 12.6 Å². The van der Waals surface area contributed by atoms with Gasteiger partial charge in [0, 0.05) is 10.9 Å².